The summed E-state index contributed by atoms with van der Waals surface area (Å²) in [6.45, 7) is 0.871. The quantitative estimate of drug-likeness (QED) is 0.0732. The zero-order valence-corrected chi connectivity index (χ0v) is 37.4. The van der Waals surface area contributed by atoms with Gasteiger partial charge >= 0.3 is 49.4 Å². The number of para-hydroxylation sites is 1. The van der Waals surface area contributed by atoms with Crippen LogP contribution in [0, 0.1) is 0 Å². The number of thiol groups is 1. The first kappa shape index (κ1) is 57.7. The van der Waals surface area contributed by atoms with Crippen LogP contribution in [-0.2, 0) is 56.0 Å². The Morgan fingerprint density at radius 1 is 0.320 bits per heavy atom. The van der Waals surface area contributed by atoms with E-state index in [0.29, 0.717) is 0 Å². The van der Waals surface area contributed by atoms with Gasteiger partial charge in [0.2, 0.25) is 5.52 Å². The predicted molar refractivity (Wildman–Crippen MR) is 227 cm³/mol. The van der Waals surface area contributed by atoms with Crippen LogP contribution in [0.3, 0.4) is 0 Å². The van der Waals surface area contributed by atoms with Crippen molar-refractivity contribution in [1.82, 2.24) is 0 Å². The average molecular weight is 1120 g/mol. The molecular formula is C48H26BF24NS. The standard InChI is InChI=1S/C32H12BF24.C16H13NS/c34-25(35,36)13-1-14(26(37,38)39)6-21(5-13)33(22-7-15(27(40,41)42)2-16(8-22)28(43,44)45,23-9-17(29(46,47)48)3-18(10-23)30(49,50)51)24-11-19(31(52,53)54)4-20(12-24)32(55,56)57;18-15-10-4-8-14-9-5-11-17(16(14)15)12-13-6-2-1-3-7-13/h1-12H;1-11H,12H2/q-1;/p+1. The fraction of sp³-hybridized carbons (Fsp3) is 0.188. The van der Waals surface area contributed by atoms with Gasteiger partial charge in [-0.2, -0.15) is 132 Å². The summed E-state index contributed by atoms with van der Waals surface area (Å²) < 4.78 is 343. The largest absolute Gasteiger partial charge is 0.416 e. The van der Waals surface area contributed by atoms with Crippen LogP contribution in [0.2, 0.25) is 0 Å². The maximum absolute atomic E-state index is 14.2. The number of aromatic nitrogens is 1. The Labute approximate surface area is 411 Å². The van der Waals surface area contributed by atoms with Gasteiger partial charge in [0.25, 0.3) is 0 Å². The molecule has 1 heterocycles. The van der Waals surface area contributed by atoms with E-state index in [1.807, 2.05) is 18.2 Å². The van der Waals surface area contributed by atoms with Crippen molar-refractivity contribution in [2.45, 2.75) is 60.9 Å². The lowest BCUT2D eigenvalue weighted by molar-refractivity contribution is -0.663. The molecule has 27 heteroatoms. The van der Waals surface area contributed by atoms with Crippen LogP contribution in [0.4, 0.5) is 105 Å². The Balaban J connectivity index is 0.000000421. The van der Waals surface area contributed by atoms with E-state index in [1.165, 1.54) is 16.5 Å². The lowest BCUT2D eigenvalue weighted by Gasteiger charge is -2.46. The number of rotatable bonds is 6. The van der Waals surface area contributed by atoms with Gasteiger partial charge in [-0.05, 0) is 42.5 Å². The number of hydrogen-bond donors (Lipinski definition) is 1. The molecule has 0 aliphatic heterocycles. The number of pyridine rings is 1. The predicted octanol–water partition coefficient (Wildman–Crippen LogP) is 14.7. The molecule has 0 fully saturated rings. The number of benzene rings is 6. The van der Waals surface area contributed by atoms with Crippen LogP contribution in [0.25, 0.3) is 10.9 Å². The summed E-state index contributed by atoms with van der Waals surface area (Å²) in [6, 6.07) is 12.1. The van der Waals surface area contributed by atoms with E-state index >= 15 is 0 Å². The van der Waals surface area contributed by atoms with Gasteiger partial charge < -0.3 is 0 Å². The van der Waals surface area contributed by atoms with Gasteiger partial charge in [-0.25, -0.2) is 0 Å². The maximum Gasteiger partial charge on any atom is 0.416 e. The van der Waals surface area contributed by atoms with E-state index in [4.69, 9.17) is 0 Å². The lowest BCUT2D eigenvalue weighted by atomic mass is 9.12. The third-order valence-electron chi connectivity index (χ3n) is 11.5. The van der Waals surface area contributed by atoms with Gasteiger partial charge in [0.1, 0.15) is 6.15 Å². The second-order valence-electron chi connectivity index (χ2n) is 16.6. The Hall–Kier alpha value is -6.54. The van der Waals surface area contributed by atoms with E-state index in [9.17, 15) is 105 Å². The van der Waals surface area contributed by atoms with Crippen LogP contribution < -0.4 is 26.4 Å². The highest BCUT2D eigenvalue weighted by atomic mass is 32.1. The van der Waals surface area contributed by atoms with Crippen molar-refractivity contribution in [3.8, 4) is 0 Å². The third kappa shape index (κ3) is 12.9. The van der Waals surface area contributed by atoms with E-state index in [-0.39, 0.29) is 0 Å². The molecule has 0 N–H and O–H groups in total. The summed E-state index contributed by atoms with van der Waals surface area (Å²) in [7, 11) is 0. The molecule has 75 heavy (non-hydrogen) atoms. The molecule has 7 aromatic rings. The molecular weight excluding hydrogens is 1090 g/mol. The van der Waals surface area contributed by atoms with Crippen LogP contribution >= 0.6 is 12.6 Å². The minimum absolute atomic E-state index is 0.691. The summed E-state index contributed by atoms with van der Waals surface area (Å²) in [5, 5.41) is 1.22. The highest BCUT2D eigenvalue weighted by molar-refractivity contribution is 7.80. The lowest BCUT2D eigenvalue weighted by Crippen LogP contribution is -2.75. The molecule has 0 radical (unpaired) electrons. The molecule has 0 saturated heterocycles. The van der Waals surface area contributed by atoms with Crippen LogP contribution in [-0.4, -0.2) is 6.15 Å². The van der Waals surface area contributed by atoms with Crippen LogP contribution in [0.5, 0.6) is 0 Å². The minimum Gasteiger partial charge on any atom is -0.194 e. The molecule has 0 unspecified atom stereocenters. The second kappa shape index (κ2) is 19.9. The summed E-state index contributed by atoms with van der Waals surface area (Å²) in [5.74, 6) is 0. The van der Waals surface area contributed by atoms with Crippen molar-refractivity contribution in [1.29, 1.82) is 0 Å². The molecule has 0 amide bonds. The summed E-state index contributed by atoms with van der Waals surface area (Å²) in [4.78, 5) is 1.02. The molecule has 0 aliphatic rings. The van der Waals surface area contributed by atoms with Crippen LogP contribution in [0.15, 0.2) is 145 Å². The van der Waals surface area contributed by atoms with E-state index in [1.54, 1.807) is 0 Å². The van der Waals surface area contributed by atoms with Gasteiger partial charge in [-0.1, -0.05) is 84.9 Å². The molecule has 1 aromatic heterocycles. The zero-order valence-electron chi connectivity index (χ0n) is 36.5. The smallest absolute Gasteiger partial charge is 0.194 e. The van der Waals surface area contributed by atoms with Gasteiger partial charge in [0.15, 0.2) is 12.7 Å². The second-order valence-corrected chi connectivity index (χ2v) is 17.0. The summed E-state index contributed by atoms with van der Waals surface area (Å²) in [5.41, 5.74) is -27.7. The first-order chi connectivity index (χ1) is 34.1. The molecule has 0 spiro atoms. The fourth-order valence-electron chi connectivity index (χ4n) is 8.30. The SMILES string of the molecule is FC(F)(F)c1cc([B-](c2cc(C(F)(F)F)cc(C(F)(F)F)c2)(c2cc(C(F)(F)F)cc(C(F)(F)F)c2)c2cc(C(F)(F)F)cc(C(F)(F)F)c2)cc(C(F)(F)F)c1.Sc1cccc2ccc[n+](Cc3ccccc3)c12. The van der Waals surface area contributed by atoms with E-state index in [0.717, 1.165) is 11.4 Å². The van der Waals surface area contributed by atoms with Crippen LogP contribution in [0.1, 0.15) is 50.1 Å². The first-order valence-corrected chi connectivity index (χ1v) is 21.1. The number of nitrogens with zero attached hydrogens (tertiary/aromatic N) is 1. The minimum atomic E-state index is -6.13. The van der Waals surface area contributed by atoms with Crippen molar-refractivity contribution < 1.29 is 110 Å². The Bertz CT molecular complexity index is 2750. The Morgan fingerprint density at radius 3 is 0.853 bits per heavy atom. The number of alkyl halides is 24. The van der Waals surface area contributed by atoms with Crippen molar-refractivity contribution >= 4 is 51.5 Å². The Kier molecular flexibility index (Phi) is 15.3. The number of fused-ring (bicyclic) bond motifs is 1. The van der Waals surface area contributed by atoms with E-state index < -0.39 is 195 Å². The Morgan fingerprint density at radius 2 is 0.587 bits per heavy atom. The van der Waals surface area contributed by atoms with Gasteiger partial charge in [0, 0.05) is 17.0 Å². The molecule has 6 aromatic carbocycles. The van der Waals surface area contributed by atoms with Gasteiger partial charge in [-0.15, -0.1) is 12.6 Å². The molecule has 0 saturated carbocycles. The normalized spacial score (nSPS) is 13.5. The molecule has 0 bridgehead atoms. The van der Waals surface area contributed by atoms with E-state index in [2.05, 4.69) is 65.9 Å². The third-order valence-corrected chi connectivity index (χ3v) is 11.9. The maximum atomic E-state index is 14.2. The monoisotopic (exact) mass is 1120 g/mol. The molecule has 400 valence electrons. The summed E-state index contributed by atoms with van der Waals surface area (Å²) >= 11 is 4.57. The van der Waals surface area contributed by atoms with Crippen molar-refractivity contribution in [3.63, 3.8) is 0 Å². The van der Waals surface area contributed by atoms with Crippen molar-refractivity contribution in [3.05, 3.63) is 190 Å². The first-order valence-electron chi connectivity index (χ1n) is 20.6. The zero-order chi connectivity index (χ0) is 56.3. The molecule has 0 atom stereocenters. The highest BCUT2D eigenvalue weighted by Gasteiger charge is 2.47. The molecule has 0 aliphatic carbocycles. The highest BCUT2D eigenvalue weighted by Crippen LogP contribution is 2.41. The van der Waals surface area contributed by atoms with Gasteiger partial charge in [-0.3, -0.25) is 0 Å². The number of hydrogen-bond acceptors (Lipinski definition) is 1. The van der Waals surface area contributed by atoms with Crippen molar-refractivity contribution in [2.24, 2.45) is 0 Å². The van der Waals surface area contributed by atoms with Gasteiger partial charge in [0.05, 0.1) is 49.4 Å². The summed E-state index contributed by atoms with van der Waals surface area (Å²) in [6.07, 6.45) is -52.7. The topological polar surface area (TPSA) is 3.88 Å². The molecule has 1 nitrogen and oxygen atoms in total. The average Bonchev–Trinajstić information content (AvgIpc) is 3.27. The molecule has 7 rings (SSSR count). The van der Waals surface area contributed by atoms with Crippen molar-refractivity contribution in [2.75, 3.05) is 0 Å². The fourth-order valence-corrected chi connectivity index (χ4v) is 8.65. The number of halogens is 24.